The predicted molar refractivity (Wildman–Crippen MR) is 120 cm³/mol. The lowest BCUT2D eigenvalue weighted by atomic mass is 9.66. The molecule has 2 aromatic rings. The maximum Gasteiger partial charge on any atom is 0.310 e. The molecular weight excluding hydrogens is 460 g/mol. The summed E-state index contributed by atoms with van der Waals surface area (Å²) < 4.78 is 45.0. The zero-order valence-electron chi connectivity index (χ0n) is 20.0. The van der Waals surface area contributed by atoms with E-state index in [1.807, 2.05) is 18.2 Å². The first kappa shape index (κ1) is 22.9. The Morgan fingerprint density at radius 3 is 2.20 bits per heavy atom. The number of benzene rings is 2. The minimum absolute atomic E-state index is 0.0244. The number of methoxy groups -OCH3 is 4. The number of carbonyl (C=O) groups is 2. The Hall–Kier alpha value is -3.82. The Morgan fingerprint density at radius 2 is 1.60 bits per heavy atom. The standard InChI is InChI=1S/C25H26O10/c1-11(26)35-21-14-9-32-25(27)19(14)18(12-6-15(28-2)22(30-4)16(7-12)29-3)13-8-17-23(34-10-33-17)24(31-5)20(13)21/h6-8,14,18-19,21H,9-10H2,1-5H3/t14-,18+,19-,21+/m0/s1. The lowest BCUT2D eigenvalue weighted by Crippen LogP contribution is -2.36. The second-order valence-corrected chi connectivity index (χ2v) is 8.43. The predicted octanol–water partition coefficient (Wildman–Crippen LogP) is 2.99. The van der Waals surface area contributed by atoms with Gasteiger partial charge in [-0.2, -0.15) is 0 Å². The van der Waals surface area contributed by atoms with Crippen LogP contribution in [0.25, 0.3) is 0 Å². The van der Waals surface area contributed by atoms with Gasteiger partial charge in [-0.25, -0.2) is 0 Å². The topological polar surface area (TPSA) is 108 Å². The van der Waals surface area contributed by atoms with Crippen LogP contribution in [-0.2, 0) is 19.1 Å². The molecule has 0 bridgehead atoms. The van der Waals surface area contributed by atoms with Crippen molar-refractivity contribution in [1.29, 1.82) is 0 Å². The van der Waals surface area contributed by atoms with E-state index in [0.717, 1.165) is 5.56 Å². The van der Waals surface area contributed by atoms with Gasteiger partial charge in [0.2, 0.25) is 18.3 Å². The molecule has 4 atom stereocenters. The molecule has 3 aliphatic rings. The first-order valence-corrected chi connectivity index (χ1v) is 11.1. The summed E-state index contributed by atoms with van der Waals surface area (Å²) in [5.74, 6) is 0.171. The normalized spacial score (nSPS) is 23.6. The largest absolute Gasteiger partial charge is 0.493 e. The van der Waals surface area contributed by atoms with Gasteiger partial charge in [-0.3, -0.25) is 9.59 Å². The number of hydrogen-bond donors (Lipinski definition) is 0. The van der Waals surface area contributed by atoms with Gasteiger partial charge in [0.05, 0.1) is 41.0 Å². The third-order valence-electron chi connectivity index (χ3n) is 6.75. The molecule has 0 aromatic heterocycles. The fourth-order valence-corrected chi connectivity index (χ4v) is 5.41. The minimum atomic E-state index is -0.776. The van der Waals surface area contributed by atoms with Gasteiger partial charge in [-0.1, -0.05) is 0 Å². The quantitative estimate of drug-likeness (QED) is 0.566. The molecule has 1 fully saturated rings. The lowest BCUT2D eigenvalue weighted by molar-refractivity contribution is -0.152. The second kappa shape index (κ2) is 8.75. The van der Waals surface area contributed by atoms with Crippen molar-refractivity contribution in [3.8, 4) is 34.5 Å². The summed E-state index contributed by atoms with van der Waals surface area (Å²) in [6.45, 7) is 1.45. The molecule has 2 heterocycles. The maximum absolute atomic E-state index is 13.1. The van der Waals surface area contributed by atoms with Crippen LogP contribution < -0.4 is 28.4 Å². The van der Waals surface area contributed by atoms with Gasteiger partial charge in [0.15, 0.2) is 23.0 Å². The monoisotopic (exact) mass is 486 g/mol. The summed E-state index contributed by atoms with van der Waals surface area (Å²) in [5, 5.41) is 0. The van der Waals surface area contributed by atoms with Gasteiger partial charge in [-0.05, 0) is 29.3 Å². The van der Waals surface area contributed by atoms with Crippen molar-refractivity contribution in [3.05, 3.63) is 34.9 Å². The summed E-state index contributed by atoms with van der Waals surface area (Å²) in [7, 11) is 6.09. The molecule has 2 aliphatic heterocycles. The summed E-state index contributed by atoms with van der Waals surface area (Å²) >= 11 is 0. The Labute approximate surface area is 201 Å². The summed E-state index contributed by atoms with van der Waals surface area (Å²) in [6, 6.07) is 5.43. The van der Waals surface area contributed by atoms with Crippen LogP contribution in [-0.4, -0.2) is 53.8 Å². The fraction of sp³-hybridized carbons (Fsp3) is 0.440. The lowest BCUT2D eigenvalue weighted by Gasteiger charge is -2.39. The van der Waals surface area contributed by atoms with E-state index < -0.39 is 29.8 Å². The van der Waals surface area contributed by atoms with Gasteiger partial charge < -0.3 is 37.9 Å². The second-order valence-electron chi connectivity index (χ2n) is 8.43. The molecule has 0 saturated carbocycles. The van der Waals surface area contributed by atoms with Crippen LogP contribution in [0.4, 0.5) is 0 Å². The van der Waals surface area contributed by atoms with E-state index in [0.29, 0.717) is 45.6 Å². The van der Waals surface area contributed by atoms with E-state index in [9.17, 15) is 9.59 Å². The third kappa shape index (κ3) is 3.46. The maximum atomic E-state index is 13.1. The van der Waals surface area contributed by atoms with Crippen LogP contribution in [0.1, 0.15) is 35.6 Å². The van der Waals surface area contributed by atoms with Gasteiger partial charge >= 0.3 is 11.9 Å². The smallest absolute Gasteiger partial charge is 0.310 e. The number of esters is 2. The zero-order chi connectivity index (χ0) is 24.9. The van der Waals surface area contributed by atoms with Crippen molar-refractivity contribution in [2.24, 2.45) is 11.8 Å². The average molecular weight is 486 g/mol. The highest BCUT2D eigenvalue weighted by Gasteiger charge is 2.55. The van der Waals surface area contributed by atoms with Crippen LogP contribution in [0.15, 0.2) is 18.2 Å². The highest BCUT2D eigenvalue weighted by Crippen LogP contribution is 2.60. The number of hydrogen-bond acceptors (Lipinski definition) is 10. The van der Waals surface area contributed by atoms with Crippen molar-refractivity contribution < 1.29 is 47.5 Å². The van der Waals surface area contributed by atoms with E-state index in [1.54, 1.807) is 0 Å². The Balaban J connectivity index is 1.81. The molecule has 0 N–H and O–H groups in total. The van der Waals surface area contributed by atoms with Crippen molar-refractivity contribution in [2.45, 2.75) is 18.9 Å². The number of ether oxygens (including phenoxy) is 8. The molecule has 5 rings (SSSR count). The van der Waals surface area contributed by atoms with Crippen LogP contribution in [0.2, 0.25) is 0 Å². The van der Waals surface area contributed by atoms with Crippen LogP contribution in [0, 0.1) is 11.8 Å². The van der Waals surface area contributed by atoms with Crippen LogP contribution >= 0.6 is 0 Å². The molecule has 2 aromatic carbocycles. The molecule has 1 aliphatic carbocycles. The molecule has 0 unspecified atom stereocenters. The highest BCUT2D eigenvalue weighted by molar-refractivity contribution is 5.80. The molecule has 186 valence electrons. The van der Waals surface area contributed by atoms with Crippen molar-refractivity contribution in [1.82, 2.24) is 0 Å². The minimum Gasteiger partial charge on any atom is -0.493 e. The van der Waals surface area contributed by atoms with Crippen molar-refractivity contribution in [2.75, 3.05) is 41.8 Å². The number of cyclic esters (lactones) is 1. The number of rotatable bonds is 6. The van der Waals surface area contributed by atoms with Crippen molar-refractivity contribution in [3.63, 3.8) is 0 Å². The Morgan fingerprint density at radius 1 is 0.914 bits per heavy atom. The van der Waals surface area contributed by atoms with Crippen LogP contribution in [0.5, 0.6) is 34.5 Å². The highest BCUT2D eigenvalue weighted by atomic mass is 16.7. The first-order chi connectivity index (χ1) is 16.9. The molecule has 0 radical (unpaired) electrons. The van der Waals surface area contributed by atoms with Gasteiger partial charge in [0.1, 0.15) is 6.10 Å². The Kier molecular flexibility index (Phi) is 5.74. The average Bonchev–Trinajstić information content (AvgIpc) is 3.48. The van der Waals surface area contributed by atoms with Gasteiger partial charge in [0, 0.05) is 24.3 Å². The third-order valence-corrected chi connectivity index (χ3v) is 6.75. The van der Waals surface area contributed by atoms with Crippen LogP contribution in [0.3, 0.4) is 0 Å². The SMILES string of the molecule is COc1cc([C@@H]2c3cc4c(c(OC)c3[C@H](OC(C)=O)[C@H]3COC(=O)[C@H]23)OCO4)cc(OC)c1OC. The molecule has 1 saturated heterocycles. The molecule has 35 heavy (non-hydrogen) atoms. The summed E-state index contributed by atoms with van der Waals surface area (Å²) in [4.78, 5) is 25.2. The van der Waals surface area contributed by atoms with Gasteiger partial charge in [-0.15, -0.1) is 0 Å². The molecular formula is C25H26O10. The van der Waals surface area contributed by atoms with E-state index in [-0.39, 0.29) is 19.4 Å². The number of carbonyl (C=O) groups excluding carboxylic acids is 2. The Bertz CT molecular complexity index is 1160. The molecule has 0 amide bonds. The summed E-state index contributed by atoms with van der Waals surface area (Å²) in [5.41, 5.74) is 2.05. The van der Waals surface area contributed by atoms with E-state index in [4.69, 9.17) is 37.9 Å². The molecule has 10 heteroatoms. The number of fused-ring (bicyclic) bond motifs is 3. The molecule has 0 spiro atoms. The zero-order valence-corrected chi connectivity index (χ0v) is 20.0. The molecule has 10 nitrogen and oxygen atoms in total. The van der Waals surface area contributed by atoms with E-state index in [1.165, 1.54) is 35.4 Å². The first-order valence-electron chi connectivity index (χ1n) is 11.1. The summed E-state index contributed by atoms with van der Waals surface area (Å²) in [6.07, 6.45) is -0.776. The van der Waals surface area contributed by atoms with E-state index >= 15 is 0 Å². The van der Waals surface area contributed by atoms with Crippen molar-refractivity contribution >= 4 is 11.9 Å². The van der Waals surface area contributed by atoms with Gasteiger partial charge in [0.25, 0.3) is 0 Å². The van der Waals surface area contributed by atoms with E-state index in [2.05, 4.69) is 0 Å². The fourth-order valence-electron chi connectivity index (χ4n) is 5.41.